The Kier molecular flexibility index (Phi) is 7.87. The second-order valence-electron chi connectivity index (χ2n) is 8.18. The second-order valence-corrected chi connectivity index (χ2v) is 8.18. The molecule has 32 heavy (non-hydrogen) atoms. The van der Waals surface area contributed by atoms with Crippen LogP contribution in [0.25, 0.3) is 11.1 Å². The number of amides is 2. The van der Waals surface area contributed by atoms with Crippen molar-refractivity contribution in [3.05, 3.63) is 59.7 Å². The lowest BCUT2D eigenvalue weighted by molar-refractivity contribution is -0.139. The second kappa shape index (κ2) is 10.8. The van der Waals surface area contributed by atoms with Crippen LogP contribution in [0.5, 0.6) is 0 Å². The van der Waals surface area contributed by atoms with Crippen molar-refractivity contribution < 1.29 is 24.2 Å². The molecule has 3 rings (SSSR count). The first kappa shape index (κ1) is 23.3. The Balaban J connectivity index is 1.44. The Morgan fingerprint density at radius 1 is 1.00 bits per heavy atom. The number of rotatable bonds is 10. The van der Waals surface area contributed by atoms with Crippen molar-refractivity contribution in [1.29, 1.82) is 0 Å². The van der Waals surface area contributed by atoms with Crippen LogP contribution in [-0.2, 0) is 14.3 Å². The molecule has 7 nitrogen and oxygen atoms in total. The molecule has 0 saturated heterocycles. The largest absolute Gasteiger partial charge is 0.481 e. The van der Waals surface area contributed by atoms with Gasteiger partial charge in [0.1, 0.15) is 6.61 Å². The molecule has 2 aromatic rings. The first-order valence-corrected chi connectivity index (χ1v) is 11.0. The number of aliphatic carboxylic acids is 1. The normalized spacial score (nSPS) is 12.2. The van der Waals surface area contributed by atoms with E-state index in [9.17, 15) is 14.4 Å². The molecule has 170 valence electrons. The maximum atomic E-state index is 12.4. The minimum Gasteiger partial charge on any atom is -0.481 e. The number of fused-ring (bicyclic) bond motifs is 3. The third-order valence-electron chi connectivity index (χ3n) is 5.69. The van der Waals surface area contributed by atoms with E-state index in [2.05, 4.69) is 29.6 Å². The monoisotopic (exact) mass is 438 g/mol. The highest BCUT2D eigenvalue weighted by molar-refractivity contribution is 5.79. The number of hydrogen-bond donors (Lipinski definition) is 2. The van der Waals surface area contributed by atoms with Crippen LogP contribution in [0.15, 0.2) is 48.5 Å². The third-order valence-corrected chi connectivity index (χ3v) is 5.69. The molecule has 0 saturated carbocycles. The summed E-state index contributed by atoms with van der Waals surface area (Å²) in [5.74, 6) is -1.04. The van der Waals surface area contributed by atoms with Crippen LogP contribution in [0.1, 0.15) is 50.2 Å². The first-order valence-electron chi connectivity index (χ1n) is 11.0. The number of alkyl carbamates (subject to hydrolysis) is 1. The van der Waals surface area contributed by atoms with E-state index in [1.54, 1.807) is 4.90 Å². The summed E-state index contributed by atoms with van der Waals surface area (Å²) < 4.78 is 5.49. The van der Waals surface area contributed by atoms with Gasteiger partial charge in [-0.25, -0.2) is 4.79 Å². The molecule has 0 unspecified atom stereocenters. The summed E-state index contributed by atoms with van der Waals surface area (Å²) in [6.07, 6.45) is 0.105. The summed E-state index contributed by atoms with van der Waals surface area (Å²) in [5.41, 5.74) is 4.66. The highest BCUT2D eigenvalue weighted by Gasteiger charge is 2.29. The minimum atomic E-state index is -0.930. The zero-order chi connectivity index (χ0) is 23.1. The quantitative estimate of drug-likeness (QED) is 0.546. The predicted molar refractivity (Wildman–Crippen MR) is 121 cm³/mol. The zero-order valence-electron chi connectivity index (χ0n) is 18.5. The number of ether oxygens (including phenoxy) is 1. The van der Waals surface area contributed by atoms with Crippen molar-refractivity contribution in [3.8, 4) is 11.1 Å². The van der Waals surface area contributed by atoms with Crippen LogP contribution in [0.3, 0.4) is 0 Å². The van der Waals surface area contributed by atoms with Crippen molar-refractivity contribution in [1.82, 2.24) is 10.2 Å². The van der Waals surface area contributed by atoms with Gasteiger partial charge in [-0.1, -0.05) is 48.5 Å². The summed E-state index contributed by atoms with van der Waals surface area (Å²) in [6.45, 7) is 4.46. The van der Waals surface area contributed by atoms with Gasteiger partial charge in [-0.05, 0) is 42.5 Å². The standard InChI is InChI=1S/C25H30N2O5/c1-17(2)27(15-13-24(29)30)23(28)12-7-14-26-25(31)32-16-22-20-10-5-3-8-18(20)19-9-4-6-11-21(19)22/h3-6,8-11,17,22H,7,12-16H2,1-2H3,(H,26,31)(H,29,30). The van der Waals surface area contributed by atoms with Gasteiger partial charge in [0.2, 0.25) is 5.91 Å². The number of nitrogens with zero attached hydrogens (tertiary/aromatic N) is 1. The van der Waals surface area contributed by atoms with E-state index in [0.717, 1.165) is 11.1 Å². The average Bonchev–Trinajstić information content (AvgIpc) is 3.09. The Labute approximate surface area is 188 Å². The summed E-state index contributed by atoms with van der Waals surface area (Å²) in [7, 11) is 0. The highest BCUT2D eigenvalue weighted by Crippen LogP contribution is 2.44. The maximum absolute atomic E-state index is 12.4. The van der Waals surface area contributed by atoms with Crippen LogP contribution in [0.2, 0.25) is 0 Å². The molecule has 2 N–H and O–H groups in total. The molecule has 1 aliphatic carbocycles. The van der Waals surface area contributed by atoms with E-state index >= 15 is 0 Å². The first-order chi connectivity index (χ1) is 15.4. The number of benzene rings is 2. The van der Waals surface area contributed by atoms with Crippen molar-refractivity contribution in [2.75, 3.05) is 19.7 Å². The van der Waals surface area contributed by atoms with Gasteiger partial charge in [-0.15, -0.1) is 0 Å². The highest BCUT2D eigenvalue weighted by atomic mass is 16.5. The topological polar surface area (TPSA) is 95.9 Å². The average molecular weight is 439 g/mol. The lowest BCUT2D eigenvalue weighted by atomic mass is 9.98. The van der Waals surface area contributed by atoms with E-state index in [1.807, 2.05) is 38.1 Å². The van der Waals surface area contributed by atoms with Crippen LogP contribution < -0.4 is 5.32 Å². The summed E-state index contributed by atoms with van der Waals surface area (Å²) in [5, 5.41) is 11.5. The lowest BCUT2D eigenvalue weighted by Crippen LogP contribution is -2.38. The molecule has 2 amide bonds. The molecular formula is C25H30N2O5. The molecule has 0 spiro atoms. The minimum absolute atomic E-state index is 0.00330. The maximum Gasteiger partial charge on any atom is 0.407 e. The molecule has 0 atom stereocenters. The Morgan fingerprint density at radius 2 is 1.59 bits per heavy atom. The Morgan fingerprint density at radius 3 is 2.16 bits per heavy atom. The predicted octanol–water partition coefficient (Wildman–Crippen LogP) is 4.02. The van der Waals surface area contributed by atoms with Gasteiger partial charge in [-0.2, -0.15) is 0 Å². The van der Waals surface area contributed by atoms with Gasteiger partial charge in [0.15, 0.2) is 0 Å². The van der Waals surface area contributed by atoms with Crippen molar-refractivity contribution in [3.63, 3.8) is 0 Å². The summed E-state index contributed by atoms with van der Waals surface area (Å²) in [4.78, 5) is 36.9. The van der Waals surface area contributed by atoms with Gasteiger partial charge in [-0.3, -0.25) is 9.59 Å². The van der Waals surface area contributed by atoms with Crippen LogP contribution >= 0.6 is 0 Å². The Bertz CT molecular complexity index is 927. The van der Waals surface area contributed by atoms with Gasteiger partial charge >= 0.3 is 12.1 Å². The molecule has 0 radical (unpaired) electrons. The van der Waals surface area contributed by atoms with Gasteiger partial charge in [0, 0.05) is 31.5 Å². The molecule has 0 fully saturated rings. The van der Waals surface area contributed by atoms with E-state index in [1.165, 1.54) is 11.1 Å². The Hall–Kier alpha value is -3.35. The van der Waals surface area contributed by atoms with E-state index in [4.69, 9.17) is 9.84 Å². The summed E-state index contributed by atoms with van der Waals surface area (Å²) >= 11 is 0. The molecule has 2 aromatic carbocycles. The zero-order valence-corrected chi connectivity index (χ0v) is 18.5. The number of hydrogen-bond acceptors (Lipinski definition) is 4. The fourth-order valence-corrected chi connectivity index (χ4v) is 4.11. The summed E-state index contributed by atoms with van der Waals surface area (Å²) in [6, 6.07) is 16.2. The van der Waals surface area contributed by atoms with Crippen LogP contribution in [-0.4, -0.2) is 53.7 Å². The number of carboxylic acid groups (broad SMARTS) is 1. The molecule has 0 aromatic heterocycles. The SMILES string of the molecule is CC(C)N(CCC(=O)O)C(=O)CCCNC(=O)OCC1c2ccccc2-c2ccccc21. The van der Waals surface area contributed by atoms with Crippen molar-refractivity contribution in [2.45, 2.75) is 45.1 Å². The molecule has 0 heterocycles. The van der Waals surface area contributed by atoms with Crippen molar-refractivity contribution in [2.24, 2.45) is 0 Å². The third kappa shape index (κ3) is 5.66. The fourth-order valence-electron chi connectivity index (χ4n) is 4.11. The molecule has 0 aliphatic heterocycles. The molecule has 0 bridgehead atoms. The number of carboxylic acids is 1. The van der Waals surface area contributed by atoms with E-state index in [-0.39, 0.29) is 43.9 Å². The van der Waals surface area contributed by atoms with Crippen molar-refractivity contribution >= 4 is 18.0 Å². The fraction of sp³-hybridized carbons (Fsp3) is 0.400. The van der Waals surface area contributed by atoms with Gasteiger partial charge in [0.25, 0.3) is 0 Å². The number of carbonyl (C=O) groups excluding carboxylic acids is 2. The van der Waals surface area contributed by atoms with Gasteiger partial charge in [0.05, 0.1) is 6.42 Å². The number of carbonyl (C=O) groups is 3. The van der Waals surface area contributed by atoms with Crippen LogP contribution in [0.4, 0.5) is 4.79 Å². The van der Waals surface area contributed by atoms with Gasteiger partial charge < -0.3 is 20.1 Å². The van der Waals surface area contributed by atoms with E-state index in [0.29, 0.717) is 13.0 Å². The lowest BCUT2D eigenvalue weighted by Gasteiger charge is -2.26. The molecule has 7 heteroatoms. The van der Waals surface area contributed by atoms with E-state index < -0.39 is 12.1 Å². The molecular weight excluding hydrogens is 408 g/mol. The van der Waals surface area contributed by atoms with Crippen LogP contribution in [0, 0.1) is 0 Å². The number of nitrogens with one attached hydrogen (secondary N) is 1. The molecule has 1 aliphatic rings. The smallest absolute Gasteiger partial charge is 0.407 e.